The molecule has 4 rings (SSSR count). The van der Waals surface area contributed by atoms with Crippen LogP contribution in [0.2, 0.25) is 0 Å². The number of nitrogens with zero attached hydrogens (tertiary/aromatic N) is 3. The Morgan fingerprint density at radius 1 is 1.21 bits per heavy atom. The Hall–Kier alpha value is -3.45. The molecule has 0 bridgehead atoms. The monoisotopic (exact) mass is 391 g/mol. The Kier molecular flexibility index (Phi) is 5.16. The number of thiazole rings is 1. The lowest BCUT2D eigenvalue weighted by molar-refractivity contribution is -0.120. The van der Waals surface area contributed by atoms with Gasteiger partial charge in [-0.25, -0.2) is 4.98 Å². The van der Waals surface area contributed by atoms with Crippen LogP contribution in [-0.4, -0.2) is 23.7 Å². The third-order valence-electron chi connectivity index (χ3n) is 3.90. The molecular weight excluding hydrogens is 374 g/mol. The first-order valence-corrected chi connectivity index (χ1v) is 9.46. The minimum absolute atomic E-state index is 0.158. The third-order valence-corrected chi connectivity index (χ3v) is 4.89. The Balaban J connectivity index is 1.61. The molecule has 0 N–H and O–H groups in total. The van der Waals surface area contributed by atoms with E-state index in [-0.39, 0.29) is 12.5 Å². The van der Waals surface area contributed by atoms with Gasteiger partial charge < -0.3 is 9.15 Å². The molecular formula is C21H17N3O3S. The van der Waals surface area contributed by atoms with Gasteiger partial charge in [-0.3, -0.25) is 4.79 Å². The number of amides is 1. The van der Waals surface area contributed by atoms with Crippen molar-refractivity contribution in [3.05, 3.63) is 78.3 Å². The minimum atomic E-state index is -0.331. The van der Waals surface area contributed by atoms with Gasteiger partial charge in [0.25, 0.3) is 5.91 Å². The molecule has 0 saturated carbocycles. The number of rotatable bonds is 6. The van der Waals surface area contributed by atoms with E-state index in [1.54, 1.807) is 30.5 Å². The number of benzene rings is 2. The van der Waals surface area contributed by atoms with Gasteiger partial charge in [0.2, 0.25) is 5.13 Å². The third kappa shape index (κ3) is 4.10. The van der Waals surface area contributed by atoms with E-state index in [1.807, 2.05) is 43.3 Å². The van der Waals surface area contributed by atoms with Gasteiger partial charge in [0, 0.05) is 0 Å². The summed E-state index contributed by atoms with van der Waals surface area (Å²) in [6.07, 6.45) is 3.03. The average molecular weight is 391 g/mol. The maximum absolute atomic E-state index is 12.8. The fraction of sp³-hybridized carbons (Fsp3) is 0.0952. The van der Waals surface area contributed by atoms with Crippen molar-refractivity contribution in [2.45, 2.75) is 6.92 Å². The molecule has 140 valence electrons. The molecule has 0 aliphatic rings. The normalized spacial score (nSPS) is 11.2. The van der Waals surface area contributed by atoms with E-state index in [1.165, 1.54) is 22.6 Å². The molecule has 0 fully saturated rings. The van der Waals surface area contributed by atoms with Gasteiger partial charge in [0.05, 0.1) is 22.7 Å². The van der Waals surface area contributed by atoms with E-state index in [9.17, 15) is 4.79 Å². The van der Waals surface area contributed by atoms with E-state index in [0.29, 0.717) is 16.6 Å². The van der Waals surface area contributed by atoms with Crippen molar-refractivity contribution in [2.24, 2.45) is 5.10 Å². The second-order valence-electron chi connectivity index (χ2n) is 6.03. The summed E-state index contributed by atoms with van der Waals surface area (Å²) in [5.41, 5.74) is 1.95. The Labute approximate surface area is 165 Å². The maximum Gasteiger partial charge on any atom is 0.287 e. The molecule has 0 aliphatic heterocycles. The summed E-state index contributed by atoms with van der Waals surface area (Å²) in [6.45, 7) is 1.86. The van der Waals surface area contributed by atoms with E-state index >= 15 is 0 Å². The number of anilines is 1. The Morgan fingerprint density at radius 3 is 2.86 bits per heavy atom. The van der Waals surface area contributed by atoms with Gasteiger partial charge in [0.1, 0.15) is 11.5 Å². The molecule has 28 heavy (non-hydrogen) atoms. The van der Waals surface area contributed by atoms with Crippen LogP contribution in [-0.2, 0) is 4.79 Å². The van der Waals surface area contributed by atoms with Crippen molar-refractivity contribution < 1.29 is 13.9 Å². The second kappa shape index (κ2) is 8.06. The summed E-state index contributed by atoms with van der Waals surface area (Å²) in [4.78, 5) is 17.4. The Morgan fingerprint density at radius 2 is 2.07 bits per heavy atom. The summed E-state index contributed by atoms with van der Waals surface area (Å²) < 4.78 is 11.8. The lowest BCUT2D eigenvalue weighted by Crippen LogP contribution is -2.30. The zero-order chi connectivity index (χ0) is 19.3. The summed E-state index contributed by atoms with van der Waals surface area (Å²) >= 11 is 1.40. The smallest absolute Gasteiger partial charge is 0.287 e. The Bertz CT molecular complexity index is 1100. The molecule has 4 aromatic rings. The molecule has 2 aromatic heterocycles. The van der Waals surface area contributed by atoms with Crippen LogP contribution in [0.25, 0.3) is 10.2 Å². The zero-order valence-corrected chi connectivity index (χ0v) is 15.9. The molecule has 0 spiro atoms. The van der Waals surface area contributed by atoms with Gasteiger partial charge in [-0.15, -0.1) is 0 Å². The number of para-hydroxylation sites is 1. The zero-order valence-electron chi connectivity index (χ0n) is 15.1. The van der Waals surface area contributed by atoms with E-state index < -0.39 is 0 Å². The van der Waals surface area contributed by atoms with Crippen molar-refractivity contribution in [2.75, 3.05) is 11.6 Å². The summed E-state index contributed by atoms with van der Waals surface area (Å²) in [6, 6.07) is 18.7. The van der Waals surface area contributed by atoms with Gasteiger partial charge in [-0.05, 0) is 48.9 Å². The molecule has 6 nitrogen and oxygen atoms in total. The van der Waals surface area contributed by atoms with Crippen molar-refractivity contribution in [3.63, 3.8) is 0 Å². The fourth-order valence-corrected chi connectivity index (χ4v) is 3.57. The first-order chi connectivity index (χ1) is 13.7. The van der Waals surface area contributed by atoms with Crippen molar-refractivity contribution in [1.29, 1.82) is 0 Å². The SMILES string of the molecule is Cc1ccc2nc(N(/N=C\c3ccco3)C(=O)COc3ccccc3)sc2c1. The quantitative estimate of drug-likeness (QED) is 0.355. The number of fused-ring (bicyclic) bond motifs is 1. The van der Waals surface area contributed by atoms with Crippen LogP contribution in [0.3, 0.4) is 0 Å². The first kappa shape index (κ1) is 17.9. The lowest BCUT2D eigenvalue weighted by Gasteiger charge is -2.14. The highest BCUT2D eigenvalue weighted by atomic mass is 32.1. The molecule has 0 aliphatic carbocycles. The molecule has 0 atom stereocenters. The maximum atomic E-state index is 12.8. The van der Waals surface area contributed by atoms with Crippen LogP contribution in [0, 0.1) is 6.92 Å². The number of carbonyl (C=O) groups is 1. The molecule has 0 unspecified atom stereocenters. The highest BCUT2D eigenvalue weighted by molar-refractivity contribution is 7.22. The summed E-state index contributed by atoms with van der Waals surface area (Å²) in [5, 5.41) is 6.03. The number of ether oxygens (including phenoxy) is 1. The fourth-order valence-electron chi connectivity index (χ4n) is 2.53. The molecule has 2 aromatic carbocycles. The van der Waals surface area contributed by atoms with Crippen LogP contribution in [0.15, 0.2) is 76.4 Å². The predicted molar refractivity (Wildman–Crippen MR) is 110 cm³/mol. The first-order valence-electron chi connectivity index (χ1n) is 8.64. The van der Waals surface area contributed by atoms with E-state index in [0.717, 1.165) is 15.8 Å². The number of hydrogen-bond acceptors (Lipinski definition) is 6. The number of hydrazone groups is 1. The lowest BCUT2D eigenvalue weighted by atomic mass is 10.2. The van der Waals surface area contributed by atoms with E-state index in [4.69, 9.17) is 9.15 Å². The van der Waals surface area contributed by atoms with Gasteiger partial charge in [0.15, 0.2) is 6.61 Å². The highest BCUT2D eigenvalue weighted by Gasteiger charge is 2.20. The van der Waals surface area contributed by atoms with Gasteiger partial charge >= 0.3 is 0 Å². The van der Waals surface area contributed by atoms with Crippen molar-refractivity contribution in [1.82, 2.24) is 4.98 Å². The summed E-state index contributed by atoms with van der Waals surface area (Å²) in [5.74, 6) is 0.826. The highest BCUT2D eigenvalue weighted by Crippen LogP contribution is 2.30. The van der Waals surface area contributed by atoms with Crippen LogP contribution in [0.5, 0.6) is 5.75 Å². The van der Waals surface area contributed by atoms with E-state index in [2.05, 4.69) is 10.1 Å². The average Bonchev–Trinajstić information content (AvgIpc) is 3.37. The van der Waals surface area contributed by atoms with Crippen LogP contribution in [0.4, 0.5) is 5.13 Å². The molecule has 1 amide bonds. The largest absolute Gasteiger partial charge is 0.484 e. The summed E-state index contributed by atoms with van der Waals surface area (Å²) in [7, 11) is 0. The molecule has 0 radical (unpaired) electrons. The van der Waals surface area contributed by atoms with Crippen LogP contribution in [0.1, 0.15) is 11.3 Å². The molecule has 2 heterocycles. The number of carbonyl (C=O) groups excluding carboxylic acids is 1. The predicted octanol–water partition coefficient (Wildman–Crippen LogP) is 4.64. The van der Waals surface area contributed by atoms with Gasteiger partial charge in [-0.1, -0.05) is 35.6 Å². The molecule has 7 heteroatoms. The second-order valence-corrected chi connectivity index (χ2v) is 7.04. The van der Waals surface area contributed by atoms with Crippen molar-refractivity contribution >= 4 is 38.8 Å². The standard InChI is InChI=1S/C21H17N3O3S/c1-15-9-10-18-19(12-15)28-21(23-18)24(22-13-17-8-5-11-26-17)20(25)14-27-16-6-3-2-4-7-16/h2-13H,14H2,1H3/b22-13-. The van der Waals surface area contributed by atoms with Gasteiger partial charge in [-0.2, -0.15) is 10.1 Å². The van der Waals surface area contributed by atoms with Crippen LogP contribution < -0.4 is 9.75 Å². The number of aromatic nitrogens is 1. The van der Waals surface area contributed by atoms with Crippen LogP contribution >= 0.6 is 11.3 Å². The molecule has 0 saturated heterocycles. The number of aryl methyl sites for hydroxylation is 1. The number of furan rings is 1. The van der Waals surface area contributed by atoms with Crippen molar-refractivity contribution in [3.8, 4) is 5.75 Å². The topological polar surface area (TPSA) is 67.9 Å². The minimum Gasteiger partial charge on any atom is -0.484 e. The number of hydrogen-bond donors (Lipinski definition) is 0.